The molecule has 1 heterocycles. The van der Waals surface area contributed by atoms with E-state index in [4.69, 9.17) is 0 Å². The number of fused-ring (bicyclic) bond motifs is 1. The van der Waals surface area contributed by atoms with E-state index in [2.05, 4.69) is 10.0 Å². The highest BCUT2D eigenvalue weighted by Crippen LogP contribution is 2.37. The molecule has 3 rings (SSSR count). The summed E-state index contributed by atoms with van der Waals surface area (Å²) in [6.07, 6.45) is 0.172. The summed E-state index contributed by atoms with van der Waals surface area (Å²) in [6.45, 7) is 5.45. The van der Waals surface area contributed by atoms with Gasteiger partial charge in [0.2, 0.25) is 15.9 Å². The fourth-order valence-corrected chi connectivity index (χ4v) is 4.17. The first-order chi connectivity index (χ1) is 15.1. The van der Waals surface area contributed by atoms with Gasteiger partial charge in [0, 0.05) is 35.5 Å². The molecule has 1 aliphatic rings. The molecule has 32 heavy (non-hydrogen) atoms. The molecule has 1 unspecified atom stereocenters. The second-order valence-electron chi connectivity index (χ2n) is 8.18. The molecule has 0 saturated carbocycles. The lowest BCUT2D eigenvalue weighted by Crippen LogP contribution is -2.31. The number of nitrogens with one attached hydrogen (secondary N) is 2. The number of aliphatic hydroxyl groups excluding tert-OH is 1. The minimum absolute atomic E-state index is 0.217. The van der Waals surface area contributed by atoms with E-state index in [0.717, 1.165) is 5.56 Å². The maximum absolute atomic E-state index is 12.8. The van der Waals surface area contributed by atoms with Crippen molar-refractivity contribution in [2.45, 2.75) is 51.5 Å². The number of benzene rings is 2. The monoisotopic (exact) mass is 459 g/mol. The molecule has 0 fully saturated rings. The molecule has 0 aliphatic carbocycles. The number of aryl methyl sites for hydroxylation is 1. The van der Waals surface area contributed by atoms with Gasteiger partial charge in [-0.05, 0) is 63.9 Å². The Labute approximate surface area is 188 Å². The van der Waals surface area contributed by atoms with E-state index in [1.54, 1.807) is 44.2 Å². The normalized spacial score (nSPS) is 15.8. The molecule has 0 bridgehead atoms. The lowest BCUT2D eigenvalue weighted by molar-refractivity contribution is -0.116. The minimum atomic E-state index is -3.30. The highest BCUT2D eigenvalue weighted by Gasteiger charge is 2.36. The number of sulfonamides is 1. The average Bonchev–Trinajstić information content (AvgIpc) is 2.98. The van der Waals surface area contributed by atoms with Crippen LogP contribution in [-0.2, 0) is 14.8 Å². The summed E-state index contributed by atoms with van der Waals surface area (Å²) in [4.78, 5) is 26.4. The van der Waals surface area contributed by atoms with Crippen LogP contribution in [-0.4, -0.2) is 37.1 Å². The van der Waals surface area contributed by atoms with Crippen LogP contribution in [0.3, 0.4) is 0 Å². The van der Waals surface area contributed by atoms with Crippen molar-refractivity contribution in [3.05, 3.63) is 59.2 Å². The van der Waals surface area contributed by atoms with Gasteiger partial charge in [0.25, 0.3) is 5.91 Å². The van der Waals surface area contributed by atoms with Crippen molar-refractivity contribution in [3.63, 3.8) is 0 Å². The van der Waals surface area contributed by atoms with E-state index in [1.165, 1.54) is 4.90 Å². The molecule has 0 saturated heterocycles. The number of hydrogen-bond acceptors (Lipinski definition) is 5. The third-order valence-electron chi connectivity index (χ3n) is 5.37. The Kier molecular flexibility index (Phi) is 7.33. The Bertz CT molecular complexity index is 1100. The number of unbranched alkanes of at least 4 members (excludes halogenated alkanes) is 1. The van der Waals surface area contributed by atoms with Crippen molar-refractivity contribution in [2.24, 2.45) is 0 Å². The Balaban J connectivity index is 1.56. The third-order valence-corrected chi connectivity index (χ3v) is 7.22. The lowest BCUT2D eigenvalue weighted by Gasteiger charge is -2.21. The first-order valence-corrected chi connectivity index (χ1v) is 12.2. The highest BCUT2D eigenvalue weighted by atomic mass is 32.2. The molecule has 0 aromatic heterocycles. The summed E-state index contributed by atoms with van der Waals surface area (Å²) in [5.41, 5.74) is 2.98. The van der Waals surface area contributed by atoms with Gasteiger partial charge in [-0.1, -0.05) is 17.7 Å². The molecule has 8 nitrogen and oxygen atoms in total. The summed E-state index contributed by atoms with van der Waals surface area (Å²) >= 11 is 0. The molecule has 2 aromatic rings. The number of anilines is 2. The second-order valence-corrected chi connectivity index (χ2v) is 10.5. The van der Waals surface area contributed by atoms with Crippen LogP contribution in [0.5, 0.6) is 0 Å². The predicted molar refractivity (Wildman–Crippen MR) is 124 cm³/mol. The molecule has 0 spiro atoms. The van der Waals surface area contributed by atoms with Crippen LogP contribution >= 0.6 is 0 Å². The smallest absolute Gasteiger partial charge is 0.261 e. The molecule has 3 N–H and O–H groups in total. The number of aliphatic hydroxyl groups is 1. The molecule has 2 amide bonds. The van der Waals surface area contributed by atoms with Gasteiger partial charge in [-0.3, -0.25) is 14.5 Å². The van der Waals surface area contributed by atoms with Crippen LogP contribution < -0.4 is 14.9 Å². The first kappa shape index (κ1) is 23.9. The molecule has 2 aromatic carbocycles. The Morgan fingerprint density at radius 2 is 1.81 bits per heavy atom. The van der Waals surface area contributed by atoms with Gasteiger partial charge >= 0.3 is 0 Å². The van der Waals surface area contributed by atoms with Crippen LogP contribution in [0.1, 0.15) is 60.8 Å². The zero-order valence-corrected chi connectivity index (χ0v) is 19.3. The van der Waals surface area contributed by atoms with Gasteiger partial charge in [-0.25, -0.2) is 13.1 Å². The van der Waals surface area contributed by atoms with Gasteiger partial charge in [-0.2, -0.15) is 0 Å². The number of nitrogens with zero attached hydrogens (tertiary/aromatic N) is 1. The van der Waals surface area contributed by atoms with E-state index in [1.807, 2.05) is 19.1 Å². The maximum Gasteiger partial charge on any atom is 0.261 e. The maximum atomic E-state index is 12.8. The summed E-state index contributed by atoms with van der Waals surface area (Å²) in [7, 11) is -3.30. The van der Waals surface area contributed by atoms with Crippen LogP contribution in [0.15, 0.2) is 42.5 Å². The third kappa shape index (κ3) is 5.35. The Morgan fingerprint density at radius 3 is 2.47 bits per heavy atom. The minimum Gasteiger partial charge on any atom is -0.369 e. The fraction of sp³-hybridized carbons (Fsp3) is 0.391. The molecule has 172 valence electrons. The van der Waals surface area contributed by atoms with Gasteiger partial charge in [0.05, 0.1) is 5.25 Å². The number of carbonyl (C=O) groups is 2. The summed E-state index contributed by atoms with van der Waals surface area (Å²) in [6, 6.07) is 12.2. The zero-order valence-electron chi connectivity index (χ0n) is 18.5. The van der Waals surface area contributed by atoms with Crippen molar-refractivity contribution in [1.82, 2.24) is 4.72 Å². The van der Waals surface area contributed by atoms with Crippen LogP contribution in [0.4, 0.5) is 11.4 Å². The van der Waals surface area contributed by atoms with Gasteiger partial charge in [0.15, 0.2) is 6.23 Å². The predicted octanol–water partition coefficient (Wildman–Crippen LogP) is 3.08. The van der Waals surface area contributed by atoms with E-state index in [-0.39, 0.29) is 24.8 Å². The van der Waals surface area contributed by atoms with E-state index >= 15 is 0 Å². The summed E-state index contributed by atoms with van der Waals surface area (Å²) in [5, 5.41) is 13.0. The standard InChI is InChI=1S/C23H29N3O5S/c1-15(2)32(30,31)24-13-5-4-6-21(27)25-17-9-12-19-20(14-17)23(29)26(22(19)28)18-10-7-16(3)8-11-18/h7-12,14-15,23-24,29H,4-6,13H2,1-3H3,(H,25,27). The number of hydrogen-bond donors (Lipinski definition) is 3. The SMILES string of the molecule is Cc1ccc(N2C(=O)c3ccc(NC(=O)CCCCNS(=O)(=O)C(C)C)cc3C2O)cc1. The van der Waals surface area contributed by atoms with Crippen molar-refractivity contribution >= 4 is 33.2 Å². The Morgan fingerprint density at radius 1 is 1.12 bits per heavy atom. The zero-order chi connectivity index (χ0) is 23.5. The summed E-state index contributed by atoms with van der Waals surface area (Å²) in [5.74, 6) is -0.510. The quantitative estimate of drug-likeness (QED) is 0.499. The van der Waals surface area contributed by atoms with E-state index < -0.39 is 21.5 Å². The topological polar surface area (TPSA) is 116 Å². The molecule has 1 atom stereocenters. The van der Waals surface area contributed by atoms with Gasteiger partial charge < -0.3 is 10.4 Å². The molecule has 9 heteroatoms. The van der Waals surface area contributed by atoms with Gasteiger partial charge in [-0.15, -0.1) is 0 Å². The van der Waals surface area contributed by atoms with Gasteiger partial charge in [0.1, 0.15) is 0 Å². The molecule has 1 aliphatic heterocycles. The number of carbonyl (C=O) groups excluding carboxylic acids is 2. The number of amides is 2. The van der Waals surface area contributed by atoms with Crippen LogP contribution in [0, 0.1) is 6.92 Å². The van der Waals surface area contributed by atoms with E-state index in [0.29, 0.717) is 35.3 Å². The molecular formula is C23H29N3O5S. The highest BCUT2D eigenvalue weighted by molar-refractivity contribution is 7.90. The fourth-order valence-electron chi connectivity index (χ4n) is 3.41. The van der Waals surface area contributed by atoms with Crippen molar-refractivity contribution < 1.29 is 23.1 Å². The average molecular weight is 460 g/mol. The lowest BCUT2D eigenvalue weighted by atomic mass is 10.1. The van der Waals surface area contributed by atoms with Crippen molar-refractivity contribution in [1.29, 1.82) is 0 Å². The first-order valence-electron chi connectivity index (χ1n) is 10.6. The van der Waals surface area contributed by atoms with Crippen molar-refractivity contribution in [2.75, 3.05) is 16.8 Å². The van der Waals surface area contributed by atoms with Crippen LogP contribution in [0.2, 0.25) is 0 Å². The number of rotatable bonds is 9. The largest absolute Gasteiger partial charge is 0.369 e. The summed E-state index contributed by atoms with van der Waals surface area (Å²) < 4.78 is 25.9. The Hall–Kier alpha value is -2.75. The second kappa shape index (κ2) is 9.81. The van der Waals surface area contributed by atoms with Crippen LogP contribution in [0.25, 0.3) is 0 Å². The molecule has 0 radical (unpaired) electrons. The van der Waals surface area contributed by atoms with Crippen molar-refractivity contribution in [3.8, 4) is 0 Å². The van der Waals surface area contributed by atoms with E-state index in [9.17, 15) is 23.1 Å². The molecular weight excluding hydrogens is 430 g/mol.